The number of hydrogen-bond donors (Lipinski definition) is 0. The summed E-state index contributed by atoms with van der Waals surface area (Å²) in [5.74, 6) is -0.322. The number of esters is 1. The third-order valence-electron chi connectivity index (χ3n) is 3.74. The maximum atomic E-state index is 12.8. The van der Waals surface area contributed by atoms with Crippen molar-refractivity contribution in [3.8, 4) is 5.75 Å². The summed E-state index contributed by atoms with van der Waals surface area (Å²) < 4.78 is 24.6. The molecular formula is C18H34O6PS2Si4. The van der Waals surface area contributed by atoms with Crippen LogP contribution in [0.3, 0.4) is 0 Å². The molecule has 1 rings (SSSR count). The Morgan fingerprint density at radius 2 is 1.65 bits per heavy atom. The van der Waals surface area contributed by atoms with Crippen LogP contribution in [0.5, 0.6) is 5.75 Å². The third-order valence-corrected chi connectivity index (χ3v) is 18.9. The van der Waals surface area contributed by atoms with Crippen LogP contribution in [0.15, 0.2) is 24.3 Å². The van der Waals surface area contributed by atoms with Gasteiger partial charge in [0, 0.05) is 17.2 Å². The van der Waals surface area contributed by atoms with E-state index in [1.165, 1.54) is 0 Å². The zero-order chi connectivity index (χ0) is 24.0. The molecule has 0 bridgehead atoms. The molecule has 175 valence electrons. The molecule has 0 saturated carbocycles. The van der Waals surface area contributed by atoms with E-state index in [9.17, 15) is 9.69 Å². The van der Waals surface area contributed by atoms with Gasteiger partial charge >= 0.3 is 23.8 Å². The summed E-state index contributed by atoms with van der Waals surface area (Å²) in [6.45, 7) is 17.0. The number of carbonyl (C=O) groups excluding carboxylic acids is 1. The van der Waals surface area contributed by atoms with E-state index >= 15 is 0 Å². The quantitative estimate of drug-likeness (QED) is 0.178. The van der Waals surface area contributed by atoms with Gasteiger partial charge in [-0.25, -0.2) is 0 Å². The maximum Gasteiger partial charge on any atom is 0.360 e. The molecule has 0 aromatic heterocycles. The second-order valence-corrected chi connectivity index (χ2v) is 28.0. The minimum atomic E-state index is -2.67. The van der Waals surface area contributed by atoms with Crippen molar-refractivity contribution < 1.29 is 26.8 Å². The highest BCUT2D eigenvalue weighted by atomic mass is 32.9. The van der Waals surface area contributed by atoms with Crippen LogP contribution >= 0.6 is 6.92 Å². The fourth-order valence-corrected chi connectivity index (χ4v) is 19.0. The van der Waals surface area contributed by atoms with Gasteiger partial charge in [-0.1, -0.05) is 6.92 Å². The normalized spacial score (nSPS) is 15.9. The summed E-state index contributed by atoms with van der Waals surface area (Å²) >= 11 is 4.77. The van der Waals surface area contributed by atoms with E-state index in [0.717, 1.165) is 9.50 Å². The molecule has 1 aromatic carbocycles. The predicted molar refractivity (Wildman–Crippen MR) is 141 cm³/mol. The van der Waals surface area contributed by atoms with Gasteiger partial charge in [-0.15, -0.1) is 0 Å². The van der Waals surface area contributed by atoms with E-state index in [2.05, 4.69) is 39.3 Å². The van der Waals surface area contributed by atoms with Crippen LogP contribution < -0.4 is 14.9 Å². The Bertz CT molecular complexity index is 809. The smallest absolute Gasteiger partial charge is 0.360 e. The van der Waals surface area contributed by atoms with Crippen molar-refractivity contribution in [2.24, 2.45) is 5.92 Å². The SMILES string of the molecule is CC(C[Si](C)(O[Si](C)O[Si](C)(C)C)O[Si](C)(C)C)C(=O)Oc1ccc([P+]([O-])=S=S)cc1. The average molecular weight is 554 g/mol. The monoisotopic (exact) mass is 553 g/mol. The van der Waals surface area contributed by atoms with Gasteiger partial charge in [-0.2, -0.15) is 0 Å². The average Bonchev–Trinajstić information content (AvgIpc) is 2.57. The summed E-state index contributed by atoms with van der Waals surface area (Å²) in [7, 11) is -6.90. The van der Waals surface area contributed by atoms with Gasteiger partial charge in [0.25, 0.3) is 0 Å². The number of benzene rings is 1. The van der Waals surface area contributed by atoms with Gasteiger partial charge in [0.2, 0.25) is 0 Å². The second-order valence-electron chi connectivity index (χ2n) is 9.51. The zero-order valence-corrected chi connectivity index (χ0v) is 26.3. The van der Waals surface area contributed by atoms with Gasteiger partial charge in [-0.3, -0.25) is 4.79 Å². The molecule has 0 aliphatic heterocycles. The number of hydrogen-bond acceptors (Lipinski definition) is 7. The Labute approximate surface area is 200 Å². The Hall–Kier alpha value is 0.138. The molecule has 6 nitrogen and oxygen atoms in total. The summed E-state index contributed by atoms with van der Waals surface area (Å²) in [6, 6.07) is 7.10. The Morgan fingerprint density at radius 3 is 2.10 bits per heavy atom. The van der Waals surface area contributed by atoms with Crippen molar-refractivity contribution in [1.29, 1.82) is 0 Å². The van der Waals surface area contributed by atoms with Crippen LogP contribution in [0.2, 0.25) is 58.4 Å². The van der Waals surface area contributed by atoms with Gasteiger partial charge in [-0.05, 0) is 76.6 Å². The first-order valence-corrected chi connectivity index (χ1v) is 24.8. The van der Waals surface area contributed by atoms with Crippen molar-refractivity contribution in [2.45, 2.75) is 65.3 Å². The van der Waals surface area contributed by atoms with Gasteiger partial charge in [0.1, 0.15) is 15.2 Å². The molecule has 13 heteroatoms. The van der Waals surface area contributed by atoms with E-state index in [0.29, 0.717) is 17.1 Å². The van der Waals surface area contributed by atoms with E-state index in [-0.39, 0.29) is 5.97 Å². The molecule has 0 saturated heterocycles. The highest BCUT2D eigenvalue weighted by Gasteiger charge is 2.42. The van der Waals surface area contributed by atoms with E-state index in [4.69, 9.17) is 28.3 Å². The zero-order valence-electron chi connectivity index (χ0n) is 19.8. The summed E-state index contributed by atoms with van der Waals surface area (Å²) in [5, 5.41) is 0.625. The van der Waals surface area contributed by atoms with Crippen LogP contribution in [0.25, 0.3) is 0 Å². The molecular weight excluding hydrogens is 520 g/mol. The third kappa shape index (κ3) is 11.7. The molecule has 0 aliphatic carbocycles. The molecule has 0 N–H and O–H groups in total. The Morgan fingerprint density at radius 1 is 1.10 bits per heavy atom. The van der Waals surface area contributed by atoms with Crippen LogP contribution in [0, 0.1) is 5.92 Å². The van der Waals surface area contributed by atoms with E-state index in [1.807, 2.05) is 20.0 Å². The minimum Gasteiger partial charge on any atom is -0.615 e. The number of carbonyl (C=O) groups is 1. The topological polar surface area (TPSA) is 77.1 Å². The summed E-state index contributed by atoms with van der Waals surface area (Å²) in [4.78, 5) is 24.5. The molecule has 0 amide bonds. The van der Waals surface area contributed by atoms with Gasteiger partial charge < -0.3 is 22.0 Å². The van der Waals surface area contributed by atoms with Gasteiger partial charge in [0.05, 0.1) is 5.92 Å². The molecule has 0 aliphatic rings. The largest absolute Gasteiger partial charge is 0.615 e. The first-order chi connectivity index (χ1) is 14.0. The highest BCUT2D eigenvalue weighted by molar-refractivity contribution is 8.35. The van der Waals surface area contributed by atoms with Crippen molar-refractivity contribution in [3.63, 3.8) is 0 Å². The molecule has 0 fully saturated rings. The lowest BCUT2D eigenvalue weighted by Crippen LogP contribution is -2.53. The minimum absolute atomic E-state index is 0.340. The van der Waals surface area contributed by atoms with Crippen LogP contribution in [0.4, 0.5) is 0 Å². The first-order valence-electron chi connectivity index (χ1n) is 10.0. The molecule has 3 atom stereocenters. The van der Waals surface area contributed by atoms with E-state index < -0.39 is 47.3 Å². The Kier molecular flexibility index (Phi) is 11.3. The maximum absolute atomic E-state index is 12.8. The molecule has 0 spiro atoms. The van der Waals surface area contributed by atoms with E-state index in [1.54, 1.807) is 24.3 Å². The lowest BCUT2D eigenvalue weighted by Gasteiger charge is -2.37. The fraction of sp³-hybridized carbons (Fsp3) is 0.611. The Balaban J connectivity index is 2.89. The second kappa shape index (κ2) is 12.0. The van der Waals surface area contributed by atoms with Crippen LogP contribution in [-0.2, 0) is 37.8 Å². The van der Waals surface area contributed by atoms with Crippen molar-refractivity contribution in [3.05, 3.63) is 24.3 Å². The lowest BCUT2D eigenvalue weighted by atomic mass is 10.2. The van der Waals surface area contributed by atoms with Crippen molar-refractivity contribution in [1.82, 2.24) is 0 Å². The highest BCUT2D eigenvalue weighted by Crippen LogP contribution is 2.27. The summed E-state index contributed by atoms with van der Waals surface area (Å²) in [5.41, 5.74) is 0. The van der Waals surface area contributed by atoms with Crippen molar-refractivity contribution in [2.75, 3.05) is 0 Å². The van der Waals surface area contributed by atoms with Gasteiger partial charge in [0.15, 0.2) is 28.9 Å². The number of rotatable bonds is 11. The molecule has 3 unspecified atom stereocenters. The van der Waals surface area contributed by atoms with Crippen molar-refractivity contribution >= 4 is 73.4 Å². The fourth-order valence-electron chi connectivity index (χ4n) is 3.04. The first kappa shape index (κ1) is 29.2. The lowest BCUT2D eigenvalue weighted by molar-refractivity contribution is -0.148. The van der Waals surface area contributed by atoms with Crippen LogP contribution in [-0.4, -0.2) is 40.4 Å². The van der Waals surface area contributed by atoms with Crippen LogP contribution in [0.1, 0.15) is 6.92 Å². The molecule has 0 heterocycles. The molecule has 1 radical (unpaired) electrons. The molecule has 1 aromatic rings. The predicted octanol–water partition coefficient (Wildman–Crippen LogP) is 3.98. The standard InChI is InChI=1S/C18H34O6PS2Si4/c1-15(18(19)21-16-10-12-17(13-11-16)25(20)27-26)14-31(9,24-30(6,7)8)23-28(2)22-29(3,4)5/h10-13,15H,14H2,1-9H3. The summed E-state index contributed by atoms with van der Waals surface area (Å²) in [6.07, 6.45) is 0. The number of ether oxygens (including phenoxy) is 1. The molecule has 31 heavy (non-hydrogen) atoms.